The Kier molecular flexibility index (Phi) is 4.91. The average Bonchev–Trinajstić information content (AvgIpc) is 2.63. The standard InChI is InChI=1S/C19H18ClN3O3/c1-21-14-5-6-16(15(20)7-14)25-17-8-18(23-11-22-17)26-19-12-3-2-4-13(19)10-24-9-12/h5-8,11-13,19H,2-4,9-10H2. The molecule has 1 aromatic heterocycles. The molecule has 26 heavy (non-hydrogen) atoms. The van der Waals surface area contributed by atoms with Gasteiger partial charge in [0.2, 0.25) is 11.8 Å². The molecule has 2 unspecified atom stereocenters. The van der Waals surface area contributed by atoms with Crippen LogP contribution in [0.1, 0.15) is 19.3 Å². The van der Waals surface area contributed by atoms with E-state index in [4.69, 9.17) is 32.4 Å². The zero-order valence-electron chi connectivity index (χ0n) is 14.1. The molecule has 4 rings (SSSR count). The first-order valence-electron chi connectivity index (χ1n) is 8.64. The van der Waals surface area contributed by atoms with E-state index < -0.39 is 0 Å². The van der Waals surface area contributed by atoms with Crippen LogP contribution in [0.5, 0.6) is 17.5 Å². The highest BCUT2D eigenvalue weighted by Gasteiger charge is 2.39. The maximum Gasteiger partial charge on any atom is 0.226 e. The second kappa shape index (κ2) is 7.48. The third-order valence-electron chi connectivity index (χ3n) is 4.88. The summed E-state index contributed by atoms with van der Waals surface area (Å²) in [6, 6.07) is 6.53. The van der Waals surface area contributed by atoms with Crippen molar-refractivity contribution in [3.8, 4) is 17.5 Å². The molecule has 2 atom stereocenters. The largest absolute Gasteiger partial charge is 0.473 e. The summed E-state index contributed by atoms with van der Waals surface area (Å²) in [4.78, 5) is 11.7. The van der Waals surface area contributed by atoms with Crippen molar-refractivity contribution >= 4 is 17.3 Å². The van der Waals surface area contributed by atoms with Crippen LogP contribution in [0.4, 0.5) is 5.69 Å². The minimum Gasteiger partial charge on any atom is -0.473 e. The second-order valence-corrected chi connectivity index (χ2v) is 7.00. The SMILES string of the molecule is [C-]#[N+]c1ccc(Oc2cc(OC3C4CCCC3COC4)ncn2)c(Cl)c1. The summed E-state index contributed by atoms with van der Waals surface area (Å²) in [7, 11) is 0. The molecule has 0 spiro atoms. The van der Waals surface area contributed by atoms with Gasteiger partial charge in [0.1, 0.15) is 18.2 Å². The zero-order chi connectivity index (χ0) is 17.9. The van der Waals surface area contributed by atoms with Crippen molar-refractivity contribution in [2.45, 2.75) is 25.4 Å². The van der Waals surface area contributed by atoms with Gasteiger partial charge in [0.15, 0.2) is 5.69 Å². The summed E-state index contributed by atoms with van der Waals surface area (Å²) in [5, 5.41) is 0.360. The molecule has 0 amide bonds. The van der Waals surface area contributed by atoms with Gasteiger partial charge in [-0.25, -0.2) is 14.8 Å². The molecule has 1 saturated heterocycles. The quantitative estimate of drug-likeness (QED) is 0.731. The van der Waals surface area contributed by atoms with Crippen LogP contribution >= 0.6 is 11.6 Å². The van der Waals surface area contributed by atoms with E-state index in [1.165, 1.54) is 12.7 Å². The molecule has 1 aliphatic carbocycles. The minimum atomic E-state index is 0.127. The fraction of sp³-hybridized carbons (Fsp3) is 0.421. The number of aromatic nitrogens is 2. The fourth-order valence-electron chi connectivity index (χ4n) is 3.61. The normalized spacial score (nSPS) is 24.5. The van der Waals surface area contributed by atoms with Crippen LogP contribution in [0, 0.1) is 18.4 Å². The molecule has 2 aromatic rings. The van der Waals surface area contributed by atoms with Crippen molar-refractivity contribution in [3.05, 3.63) is 47.0 Å². The maximum absolute atomic E-state index is 7.02. The number of nitrogens with zero attached hydrogens (tertiary/aromatic N) is 3. The smallest absolute Gasteiger partial charge is 0.226 e. The Labute approximate surface area is 156 Å². The molecular weight excluding hydrogens is 354 g/mol. The second-order valence-electron chi connectivity index (χ2n) is 6.59. The first-order valence-corrected chi connectivity index (χ1v) is 9.02. The van der Waals surface area contributed by atoms with Gasteiger partial charge in [-0.1, -0.05) is 24.1 Å². The van der Waals surface area contributed by atoms with Gasteiger partial charge in [-0.15, -0.1) is 0 Å². The fourth-order valence-corrected chi connectivity index (χ4v) is 3.83. The van der Waals surface area contributed by atoms with Crippen LogP contribution in [0.15, 0.2) is 30.6 Å². The summed E-state index contributed by atoms with van der Waals surface area (Å²) >= 11 is 6.16. The Morgan fingerprint density at radius 3 is 2.62 bits per heavy atom. The van der Waals surface area contributed by atoms with Crippen molar-refractivity contribution in [1.29, 1.82) is 0 Å². The molecule has 1 aromatic carbocycles. The molecular formula is C19H18ClN3O3. The van der Waals surface area contributed by atoms with Gasteiger partial charge in [-0.2, -0.15) is 0 Å². The lowest BCUT2D eigenvalue weighted by atomic mass is 9.78. The monoisotopic (exact) mass is 371 g/mol. The van der Waals surface area contributed by atoms with Crippen LogP contribution in [-0.4, -0.2) is 29.3 Å². The number of rotatable bonds is 4. The molecule has 1 aliphatic heterocycles. The van der Waals surface area contributed by atoms with Gasteiger partial charge < -0.3 is 14.2 Å². The molecule has 6 nitrogen and oxygen atoms in total. The van der Waals surface area contributed by atoms with Gasteiger partial charge >= 0.3 is 0 Å². The third-order valence-corrected chi connectivity index (χ3v) is 5.17. The Morgan fingerprint density at radius 1 is 1.12 bits per heavy atom. The van der Waals surface area contributed by atoms with Gasteiger partial charge in [-0.05, 0) is 25.0 Å². The molecule has 2 bridgehead atoms. The Morgan fingerprint density at radius 2 is 1.88 bits per heavy atom. The van der Waals surface area contributed by atoms with Crippen LogP contribution in [0.25, 0.3) is 4.85 Å². The number of fused-ring (bicyclic) bond motifs is 2. The van der Waals surface area contributed by atoms with Crippen molar-refractivity contribution in [3.63, 3.8) is 0 Å². The van der Waals surface area contributed by atoms with Crippen LogP contribution in [0.2, 0.25) is 5.02 Å². The van der Waals surface area contributed by atoms with E-state index in [-0.39, 0.29) is 6.10 Å². The highest BCUT2D eigenvalue weighted by Crippen LogP contribution is 2.37. The summed E-state index contributed by atoms with van der Waals surface area (Å²) in [6.45, 7) is 8.51. The average molecular weight is 372 g/mol. The molecule has 1 saturated carbocycles. The first-order chi connectivity index (χ1) is 12.7. The number of ether oxygens (including phenoxy) is 3. The molecule has 0 N–H and O–H groups in total. The predicted octanol–water partition coefficient (Wildman–Crippen LogP) is 4.67. The molecule has 7 heteroatoms. The van der Waals surface area contributed by atoms with Gasteiger partial charge in [0.25, 0.3) is 0 Å². The van der Waals surface area contributed by atoms with Crippen molar-refractivity contribution in [2.24, 2.45) is 11.8 Å². The number of benzene rings is 1. The van der Waals surface area contributed by atoms with Crippen LogP contribution in [0.3, 0.4) is 0 Å². The third kappa shape index (κ3) is 3.59. The molecule has 2 fully saturated rings. The summed E-state index contributed by atoms with van der Waals surface area (Å²) in [6.07, 6.45) is 5.02. The van der Waals surface area contributed by atoms with E-state index in [9.17, 15) is 0 Å². The summed E-state index contributed by atoms with van der Waals surface area (Å²) in [5.74, 6) is 2.11. The molecule has 2 aliphatic rings. The molecule has 0 radical (unpaired) electrons. The van der Waals surface area contributed by atoms with E-state index in [2.05, 4.69) is 14.8 Å². The van der Waals surface area contributed by atoms with Crippen molar-refractivity contribution in [1.82, 2.24) is 9.97 Å². The number of halogens is 1. The Balaban J connectivity index is 1.49. The van der Waals surface area contributed by atoms with Crippen molar-refractivity contribution < 1.29 is 14.2 Å². The lowest BCUT2D eigenvalue weighted by Gasteiger charge is -2.41. The molecule has 2 heterocycles. The van der Waals surface area contributed by atoms with E-state index in [1.807, 2.05) is 0 Å². The van der Waals surface area contributed by atoms with Crippen LogP contribution < -0.4 is 9.47 Å². The topological polar surface area (TPSA) is 57.8 Å². The summed E-state index contributed by atoms with van der Waals surface area (Å²) in [5.41, 5.74) is 0.458. The highest BCUT2D eigenvalue weighted by molar-refractivity contribution is 6.32. The Hall–Kier alpha value is -2.36. The highest BCUT2D eigenvalue weighted by atomic mass is 35.5. The van der Waals surface area contributed by atoms with Crippen molar-refractivity contribution in [2.75, 3.05) is 13.2 Å². The minimum absolute atomic E-state index is 0.127. The predicted molar refractivity (Wildman–Crippen MR) is 95.9 cm³/mol. The van der Waals surface area contributed by atoms with E-state index in [0.717, 1.165) is 26.1 Å². The number of hydrogen-bond acceptors (Lipinski definition) is 5. The van der Waals surface area contributed by atoms with Gasteiger partial charge in [0, 0.05) is 11.8 Å². The summed E-state index contributed by atoms with van der Waals surface area (Å²) < 4.78 is 17.6. The Bertz CT molecular complexity index is 817. The first kappa shape index (κ1) is 17.1. The van der Waals surface area contributed by atoms with Crippen LogP contribution in [-0.2, 0) is 4.74 Å². The lowest BCUT2D eigenvalue weighted by Crippen LogP contribution is -2.46. The zero-order valence-corrected chi connectivity index (χ0v) is 14.9. The molecule has 134 valence electrons. The van der Waals surface area contributed by atoms with E-state index in [1.54, 1.807) is 24.3 Å². The lowest BCUT2D eigenvalue weighted by molar-refractivity contribution is -0.0918. The van der Waals surface area contributed by atoms with Gasteiger partial charge in [-0.3, -0.25) is 0 Å². The van der Waals surface area contributed by atoms with Gasteiger partial charge in [0.05, 0.1) is 30.9 Å². The van der Waals surface area contributed by atoms with E-state index >= 15 is 0 Å². The number of hydrogen-bond donors (Lipinski definition) is 0. The van der Waals surface area contributed by atoms with E-state index in [0.29, 0.717) is 40.1 Å². The maximum atomic E-state index is 7.02.